The molecule has 0 amide bonds. The first-order valence-electron chi connectivity index (χ1n) is 9.11. The molecule has 1 aliphatic heterocycles. The van der Waals surface area contributed by atoms with Crippen LogP contribution in [0, 0.1) is 11.3 Å². The van der Waals surface area contributed by atoms with E-state index in [4.69, 9.17) is 4.74 Å². The van der Waals surface area contributed by atoms with Crippen LogP contribution in [0.4, 0.5) is 0 Å². The van der Waals surface area contributed by atoms with E-state index in [2.05, 4.69) is 6.07 Å². The van der Waals surface area contributed by atoms with Gasteiger partial charge >= 0.3 is 0 Å². The van der Waals surface area contributed by atoms with E-state index in [0.29, 0.717) is 16.9 Å². The van der Waals surface area contributed by atoms with Gasteiger partial charge in [-0.05, 0) is 56.9 Å². The summed E-state index contributed by atoms with van der Waals surface area (Å²) >= 11 is 0. The van der Waals surface area contributed by atoms with Crippen LogP contribution in [0.1, 0.15) is 56.2 Å². The number of fused-ring (bicyclic) bond motifs is 1. The van der Waals surface area contributed by atoms with E-state index in [1.165, 1.54) is 6.07 Å². The third-order valence-electron chi connectivity index (χ3n) is 5.98. The number of ether oxygens (including phenoxy) is 1. The van der Waals surface area contributed by atoms with E-state index >= 15 is 0 Å². The molecule has 1 aliphatic carbocycles. The minimum Gasteiger partial charge on any atom is -0.484 e. The topological polar surface area (TPSA) is 75.3 Å². The maximum absolute atomic E-state index is 12.6. The molecule has 0 saturated heterocycles. The quantitative estimate of drug-likeness (QED) is 0.857. The molecule has 2 aliphatic rings. The van der Waals surface area contributed by atoms with Crippen LogP contribution in [0.2, 0.25) is 0 Å². The second-order valence-corrected chi connectivity index (χ2v) is 7.52. The summed E-state index contributed by atoms with van der Waals surface area (Å²) in [5, 5.41) is 21.0. The Hall–Kier alpha value is -2.58. The predicted octanol–water partition coefficient (Wildman–Crippen LogP) is 3.16. The van der Waals surface area contributed by atoms with Gasteiger partial charge in [0, 0.05) is 17.8 Å². The monoisotopic (exact) mass is 350 g/mol. The first-order chi connectivity index (χ1) is 12.5. The molecule has 2 heterocycles. The van der Waals surface area contributed by atoms with Gasteiger partial charge in [0.1, 0.15) is 17.0 Å². The summed E-state index contributed by atoms with van der Waals surface area (Å²) < 4.78 is 7.96. The third kappa shape index (κ3) is 2.37. The Bertz CT molecular complexity index is 933. The lowest BCUT2D eigenvalue weighted by atomic mass is 9.66. The number of rotatable bonds is 1. The maximum atomic E-state index is 12.6. The highest BCUT2D eigenvalue weighted by atomic mass is 16.5. The van der Waals surface area contributed by atoms with E-state index in [0.717, 1.165) is 32.1 Å². The molecule has 2 atom stereocenters. The minimum absolute atomic E-state index is 0.182. The standard InChI is InChI=1S/C21H22N2O3/c1-20(25)19(23-12-6-3-7-18(23)24)16-13-15(14-22)8-9-17(16)26-21(20)10-4-2-5-11-21/h3,6-9,12-13,19,25H,2,4-5,10-11H2,1H3/t19-,20+/m1/s1. The zero-order chi connectivity index (χ0) is 18.4. The first-order valence-corrected chi connectivity index (χ1v) is 9.11. The van der Waals surface area contributed by atoms with Crippen LogP contribution < -0.4 is 10.3 Å². The number of nitriles is 1. The molecule has 2 aromatic rings. The highest BCUT2D eigenvalue weighted by Gasteiger charge is 2.58. The van der Waals surface area contributed by atoms with Gasteiger partial charge in [-0.3, -0.25) is 4.79 Å². The highest BCUT2D eigenvalue weighted by molar-refractivity contribution is 5.48. The van der Waals surface area contributed by atoms with Crippen molar-refractivity contribution < 1.29 is 9.84 Å². The molecule has 1 fully saturated rings. The number of pyridine rings is 1. The summed E-state index contributed by atoms with van der Waals surface area (Å²) in [4.78, 5) is 12.6. The number of hydrogen-bond donors (Lipinski definition) is 1. The molecule has 1 saturated carbocycles. The summed E-state index contributed by atoms with van der Waals surface area (Å²) in [6, 6.07) is 11.7. The lowest BCUT2D eigenvalue weighted by Gasteiger charge is -2.54. The lowest BCUT2D eigenvalue weighted by Crippen LogP contribution is -2.64. The summed E-state index contributed by atoms with van der Waals surface area (Å²) in [6.07, 6.45) is 6.29. The van der Waals surface area contributed by atoms with Crippen LogP contribution in [0.3, 0.4) is 0 Å². The maximum Gasteiger partial charge on any atom is 0.251 e. The molecule has 0 bridgehead atoms. The molecule has 5 nitrogen and oxygen atoms in total. The van der Waals surface area contributed by atoms with Crippen molar-refractivity contribution in [3.8, 4) is 11.8 Å². The number of aromatic nitrogens is 1. The predicted molar refractivity (Wildman–Crippen MR) is 97.1 cm³/mol. The number of nitrogens with zero attached hydrogens (tertiary/aromatic N) is 2. The van der Waals surface area contributed by atoms with Gasteiger partial charge in [-0.25, -0.2) is 0 Å². The number of benzene rings is 1. The van der Waals surface area contributed by atoms with Crippen molar-refractivity contribution in [1.82, 2.24) is 4.57 Å². The molecule has 4 rings (SSSR count). The molecule has 0 unspecified atom stereocenters. The molecule has 1 aromatic carbocycles. The molecule has 0 radical (unpaired) electrons. The van der Waals surface area contributed by atoms with Crippen LogP contribution in [0.15, 0.2) is 47.4 Å². The van der Waals surface area contributed by atoms with Crippen molar-refractivity contribution in [2.45, 2.75) is 56.3 Å². The largest absolute Gasteiger partial charge is 0.484 e. The lowest BCUT2D eigenvalue weighted by molar-refractivity contribution is -0.172. The van der Waals surface area contributed by atoms with Crippen LogP contribution in [-0.2, 0) is 0 Å². The summed E-state index contributed by atoms with van der Waals surface area (Å²) in [5.41, 5.74) is -1.03. The van der Waals surface area contributed by atoms with Gasteiger partial charge < -0.3 is 14.4 Å². The van der Waals surface area contributed by atoms with Crippen LogP contribution >= 0.6 is 0 Å². The Morgan fingerprint density at radius 1 is 1.23 bits per heavy atom. The van der Waals surface area contributed by atoms with Gasteiger partial charge in [-0.2, -0.15) is 5.26 Å². The fourth-order valence-corrected chi connectivity index (χ4v) is 4.60. The fraction of sp³-hybridized carbons (Fsp3) is 0.429. The summed E-state index contributed by atoms with van der Waals surface area (Å²) in [7, 11) is 0. The normalized spacial score (nSPS) is 26.6. The van der Waals surface area contributed by atoms with Crippen LogP contribution in [0.25, 0.3) is 0 Å². The van der Waals surface area contributed by atoms with Crippen LogP contribution in [0.5, 0.6) is 5.75 Å². The SMILES string of the molecule is C[C@]1(O)[C@H](n2ccccc2=O)c2cc(C#N)ccc2OC12CCCCC2. The molecule has 1 N–H and O–H groups in total. The Kier molecular flexibility index (Phi) is 3.89. The zero-order valence-electron chi connectivity index (χ0n) is 14.8. The number of hydrogen-bond acceptors (Lipinski definition) is 4. The fourth-order valence-electron chi connectivity index (χ4n) is 4.60. The highest BCUT2D eigenvalue weighted by Crippen LogP contribution is 2.53. The average Bonchev–Trinajstić information content (AvgIpc) is 2.64. The van der Waals surface area contributed by atoms with Crippen molar-refractivity contribution in [3.63, 3.8) is 0 Å². The van der Waals surface area contributed by atoms with Gasteiger partial charge in [0.15, 0.2) is 0 Å². The van der Waals surface area contributed by atoms with E-state index in [1.54, 1.807) is 48.0 Å². The second-order valence-electron chi connectivity index (χ2n) is 7.52. The minimum atomic E-state index is -1.28. The van der Waals surface area contributed by atoms with Gasteiger partial charge in [0.05, 0.1) is 17.7 Å². The molecule has 134 valence electrons. The van der Waals surface area contributed by atoms with E-state index < -0.39 is 17.2 Å². The molecule has 5 heteroatoms. The van der Waals surface area contributed by atoms with Gasteiger partial charge in [-0.1, -0.05) is 12.5 Å². The van der Waals surface area contributed by atoms with Crippen LogP contribution in [-0.4, -0.2) is 20.9 Å². The van der Waals surface area contributed by atoms with E-state index in [9.17, 15) is 15.2 Å². The van der Waals surface area contributed by atoms with Gasteiger partial charge in [-0.15, -0.1) is 0 Å². The Morgan fingerprint density at radius 3 is 2.69 bits per heavy atom. The summed E-state index contributed by atoms with van der Waals surface area (Å²) in [5.74, 6) is 0.651. The molecular formula is C21H22N2O3. The molecular weight excluding hydrogens is 328 g/mol. The van der Waals surface area contributed by atoms with Gasteiger partial charge in [0.25, 0.3) is 5.56 Å². The van der Waals surface area contributed by atoms with Crippen molar-refractivity contribution in [2.75, 3.05) is 0 Å². The second kappa shape index (κ2) is 6.00. The zero-order valence-corrected chi connectivity index (χ0v) is 14.8. The van der Waals surface area contributed by atoms with E-state index in [-0.39, 0.29) is 5.56 Å². The first kappa shape index (κ1) is 16.9. The molecule has 26 heavy (non-hydrogen) atoms. The van der Waals surface area contributed by atoms with E-state index in [1.807, 2.05) is 0 Å². The Morgan fingerprint density at radius 2 is 2.00 bits per heavy atom. The van der Waals surface area contributed by atoms with Crippen molar-refractivity contribution in [3.05, 3.63) is 64.1 Å². The van der Waals surface area contributed by atoms with Crippen molar-refractivity contribution >= 4 is 0 Å². The summed E-state index contributed by atoms with van der Waals surface area (Å²) in [6.45, 7) is 1.77. The molecule has 1 spiro atoms. The smallest absolute Gasteiger partial charge is 0.251 e. The third-order valence-corrected chi connectivity index (χ3v) is 5.98. The van der Waals surface area contributed by atoms with Crippen molar-refractivity contribution in [2.24, 2.45) is 0 Å². The van der Waals surface area contributed by atoms with Crippen molar-refractivity contribution in [1.29, 1.82) is 5.26 Å². The molecule has 1 aromatic heterocycles. The Balaban J connectivity index is 1.98. The van der Waals surface area contributed by atoms with Gasteiger partial charge in [0.2, 0.25) is 0 Å². The number of aliphatic hydroxyl groups is 1. The average molecular weight is 350 g/mol. The Labute approximate surface area is 152 Å².